The van der Waals surface area contributed by atoms with Gasteiger partial charge < -0.3 is 9.47 Å². The van der Waals surface area contributed by atoms with Crippen LogP contribution in [-0.4, -0.2) is 19.3 Å². The number of rotatable bonds is 4. The molecule has 0 spiro atoms. The van der Waals surface area contributed by atoms with Crippen molar-refractivity contribution in [2.75, 3.05) is 13.2 Å². The zero-order chi connectivity index (χ0) is 13.0. The molecule has 3 nitrogen and oxygen atoms in total. The molecule has 1 aromatic carbocycles. The van der Waals surface area contributed by atoms with E-state index in [9.17, 15) is 5.26 Å². The largest absolute Gasteiger partial charge is 0.492 e. The van der Waals surface area contributed by atoms with Crippen LogP contribution in [0, 0.1) is 16.7 Å². The average molecular weight is 245 g/mol. The van der Waals surface area contributed by atoms with Crippen molar-refractivity contribution < 1.29 is 9.47 Å². The molecule has 0 fully saturated rings. The molecular formula is C15H19NO2. The second-order valence-electron chi connectivity index (χ2n) is 5.13. The van der Waals surface area contributed by atoms with E-state index in [1.54, 1.807) is 0 Å². The lowest BCUT2D eigenvalue weighted by Gasteiger charge is -2.32. The lowest BCUT2D eigenvalue weighted by atomic mass is 9.79. The molecule has 18 heavy (non-hydrogen) atoms. The molecule has 1 unspecified atom stereocenters. The molecular weight excluding hydrogens is 226 g/mol. The SMILES string of the molecule is CC(C)OCCC1(C#N)COc2ccccc2C1. The van der Waals surface area contributed by atoms with Gasteiger partial charge in [-0.2, -0.15) is 5.26 Å². The highest BCUT2D eigenvalue weighted by atomic mass is 16.5. The molecule has 1 heterocycles. The van der Waals surface area contributed by atoms with Crippen molar-refractivity contribution in [3.05, 3.63) is 29.8 Å². The number of hydrogen-bond donors (Lipinski definition) is 0. The average Bonchev–Trinajstić information content (AvgIpc) is 2.38. The molecule has 0 N–H and O–H groups in total. The minimum atomic E-state index is -0.441. The van der Waals surface area contributed by atoms with Gasteiger partial charge in [0.25, 0.3) is 0 Å². The molecule has 0 saturated carbocycles. The van der Waals surface area contributed by atoms with Crippen molar-refractivity contribution in [3.8, 4) is 11.8 Å². The zero-order valence-corrected chi connectivity index (χ0v) is 11.0. The molecule has 96 valence electrons. The zero-order valence-electron chi connectivity index (χ0n) is 11.0. The highest BCUT2D eigenvalue weighted by Gasteiger charge is 2.35. The summed E-state index contributed by atoms with van der Waals surface area (Å²) in [7, 11) is 0. The first-order chi connectivity index (χ1) is 8.65. The third-order valence-electron chi connectivity index (χ3n) is 3.27. The van der Waals surface area contributed by atoms with E-state index in [2.05, 4.69) is 6.07 Å². The minimum Gasteiger partial charge on any atom is -0.492 e. The van der Waals surface area contributed by atoms with Gasteiger partial charge in [0.2, 0.25) is 0 Å². The predicted molar refractivity (Wildman–Crippen MR) is 69.4 cm³/mol. The highest BCUT2D eigenvalue weighted by molar-refractivity contribution is 5.37. The van der Waals surface area contributed by atoms with Crippen molar-refractivity contribution in [2.45, 2.75) is 32.8 Å². The maximum absolute atomic E-state index is 9.45. The molecule has 1 aliphatic heterocycles. The Hall–Kier alpha value is -1.53. The van der Waals surface area contributed by atoms with Gasteiger partial charge in [0.1, 0.15) is 12.4 Å². The highest BCUT2D eigenvalue weighted by Crippen LogP contribution is 2.36. The van der Waals surface area contributed by atoms with Gasteiger partial charge in [0, 0.05) is 6.61 Å². The Morgan fingerprint density at radius 1 is 1.44 bits per heavy atom. The fourth-order valence-electron chi connectivity index (χ4n) is 2.20. The summed E-state index contributed by atoms with van der Waals surface area (Å²) in [6.45, 7) is 5.08. The summed E-state index contributed by atoms with van der Waals surface area (Å²) >= 11 is 0. The summed E-state index contributed by atoms with van der Waals surface area (Å²) in [5.74, 6) is 0.910. The lowest BCUT2D eigenvalue weighted by Crippen LogP contribution is -2.35. The molecule has 2 rings (SSSR count). The predicted octanol–water partition coefficient (Wildman–Crippen LogP) is 2.95. The van der Waals surface area contributed by atoms with Crippen LogP contribution in [0.4, 0.5) is 0 Å². The Morgan fingerprint density at radius 2 is 2.22 bits per heavy atom. The normalized spacial score (nSPS) is 22.1. The number of para-hydroxylation sites is 1. The van der Waals surface area contributed by atoms with E-state index in [4.69, 9.17) is 9.47 Å². The third-order valence-corrected chi connectivity index (χ3v) is 3.27. The maximum Gasteiger partial charge on any atom is 0.122 e. The molecule has 1 aliphatic rings. The summed E-state index contributed by atoms with van der Waals surface area (Å²) in [5, 5.41) is 9.45. The van der Waals surface area contributed by atoms with Gasteiger partial charge >= 0.3 is 0 Å². The Bertz CT molecular complexity index is 450. The van der Waals surface area contributed by atoms with Crippen LogP contribution in [0.3, 0.4) is 0 Å². The second kappa shape index (κ2) is 5.41. The molecule has 0 aromatic heterocycles. The van der Waals surface area contributed by atoms with E-state index in [1.165, 1.54) is 0 Å². The molecule has 0 amide bonds. The summed E-state index contributed by atoms with van der Waals surface area (Å²) in [5.41, 5.74) is 0.679. The van der Waals surface area contributed by atoms with Gasteiger partial charge in [-0.25, -0.2) is 0 Å². The number of fused-ring (bicyclic) bond motifs is 1. The van der Waals surface area contributed by atoms with Crippen LogP contribution in [0.2, 0.25) is 0 Å². The number of ether oxygens (including phenoxy) is 2. The standard InChI is InChI=1S/C15H19NO2/c1-12(2)17-8-7-15(10-16)9-13-5-3-4-6-14(13)18-11-15/h3-6,12H,7-9,11H2,1-2H3. The maximum atomic E-state index is 9.45. The van der Waals surface area contributed by atoms with Crippen molar-refractivity contribution in [1.29, 1.82) is 5.26 Å². The van der Waals surface area contributed by atoms with Crippen molar-refractivity contribution >= 4 is 0 Å². The van der Waals surface area contributed by atoms with Crippen LogP contribution in [-0.2, 0) is 11.2 Å². The van der Waals surface area contributed by atoms with Crippen molar-refractivity contribution in [3.63, 3.8) is 0 Å². The van der Waals surface area contributed by atoms with E-state index in [0.29, 0.717) is 13.2 Å². The Morgan fingerprint density at radius 3 is 2.94 bits per heavy atom. The van der Waals surface area contributed by atoms with Crippen molar-refractivity contribution in [1.82, 2.24) is 0 Å². The van der Waals surface area contributed by atoms with Gasteiger partial charge in [-0.15, -0.1) is 0 Å². The first-order valence-electron chi connectivity index (χ1n) is 6.39. The summed E-state index contributed by atoms with van der Waals surface area (Å²) in [4.78, 5) is 0. The number of nitriles is 1. The lowest BCUT2D eigenvalue weighted by molar-refractivity contribution is 0.0465. The molecule has 1 atom stereocenters. The first-order valence-corrected chi connectivity index (χ1v) is 6.39. The summed E-state index contributed by atoms with van der Waals surface area (Å²) in [6.07, 6.45) is 1.68. The van der Waals surface area contributed by atoms with Crippen molar-refractivity contribution in [2.24, 2.45) is 5.41 Å². The fraction of sp³-hybridized carbons (Fsp3) is 0.533. The van der Waals surface area contributed by atoms with Crippen LogP contribution >= 0.6 is 0 Å². The molecule has 0 saturated heterocycles. The topological polar surface area (TPSA) is 42.2 Å². The van der Waals surface area contributed by atoms with Gasteiger partial charge in [0.15, 0.2) is 0 Å². The van der Waals surface area contributed by atoms with Gasteiger partial charge in [0.05, 0.1) is 17.6 Å². The van der Waals surface area contributed by atoms with Crippen LogP contribution < -0.4 is 4.74 Å². The van der Waals surface area contributed by atoms with Gasteiger partial charge in [-0.1, -0.05) is 18.2 Å². The minimum absolute atomic E-state index is 0.206. The number of benzene rings is 1. The summed E-state index contributed by atoms with van der Waals surface area (Å²) < 4.78 is 11.3. The Balaban J connectivity index is 2.05. The van der Waals surface area contributed by atoms with E-state index in [-0.39, 0.29) is 6.10 Å². The molecule has 0 radical (unpaired) electrons. The summed E-state index contributed by atoms with van der Waals surface area (Å²) in [6, 6.07) is 10.4. The Kier molecular flexibility index (Phi) is 3.88. The second-order valence-corrected chi connectivity index (χ2v) is 5.13. The number of nitrogens with zero attached hydrogens (tertiary/aromatic N) is 1. The van der Waals surface area contributed by atoms with Crippen LogP contribution in [0.15, 0.2) is 24.3 Å². The molecule has 1 aromatic rings. The van der Waals surface area contributed by atoms with Crippen LogP contribution in [0.25, 0.3) is 0 Å². The quantitative estimate of drug-likeness (QED) is 0.819. The van der Waals surface area contributed by atoms with E-state index in [1.807, 2.05) is 38.1 Å². The molecule has 0 aliphatic carbocycles. The number of hydrogen-bond acceptors (Lipinski definition) is 3. The fourth-order valence-corrected chi connectivity index (χ4v) is 2.20. The van der Waals surface area contributed by atoms with Crippen LogP contribution in [0.5, 0.6) is 5.75 Å². The van der Waals surface area contributed by atoms with E-state index < -0.39 is 5.41 Å². The van der Waals surface area contributed by atoms with E-state index in [0.717, 1.165) is 24.2 Å². The van der Waals surface area contributed by atoms with Crippen LogP contribution in [0.1, 0.15) is 25.8 Å². The smallest absolute Gasteiger partial charge is 0.122 e. The van der Waals surface area contributed by atoms with E-state index >= 15 is 0 Å². The first kappa shape index (κ1) is 12.9. The van der Waals surface area contributed by atoms with Gasteiger partial charge in [-0.05, 0) is 38.3 Å². The third kappa shape index (κ3) is 2.83. The molecule has 0 bridgehead atoms. The monoisotopic (exact) mass is 245 g/mol. The van der Waals surface area contributed by atoms with Gasteiger partial charge in [-0.3, -0.25) is 0 Å². The molecule has 3 heteroatoms. The Labute approximate surface area is 108 Å².